The zero-order valence-corrected chi connectivity index (χ0v) is 10.0. The number of hydrogen-bond donors (Lipinski definition) is 1. The van der Waals surface area contributed by atoms with Crippen LogP contribution in [-0.2, 0) is 0 Å². The van der Waals surface area contributed by atoms with Gasteiger partial charge in [0, 0.05) is 0 Å². The number of rotatable bonds is 0. The summed E-state index contributed by atoms with van der Waals surface area (Å²) in [5.74, 6) is 3.31. The van der Waals surface area contributed by atoms with E-state index in [1.165, 1.54) is 0 Å². The fraction of sp³-hybridized carbons (Fsp3) is 0.250. The van der Waals surface area contributed by atoms with Crippen LogP contribution in [0.25, 0.3) is 0 Å². The molecular weight excluding hydrogens is 246 g/mol. The van der Waals surface area contributed by atoms with Gasteiger partial charge in [0.2, 0.25) is 0 Å². The Kier molecular flexibility index (Phi) is 3.45. The second kappa shape index (κ2) is 4.39. The maximum absolute atomic E-state index is 5.59. The molecule has 0 aromatic carbocycles. The van der Waals surface area contributed by atoms with E-state index in [1.807, 2.05) is 0 Å². The molecule has 0 saturated carbocycles. The van der Waals surface area contributed by atoms with Crippen molar-refractivity contribution in [2.45, 2.75) is 13.1 Å². The normalized spacial score (nSPS) is 9.54. The van der Waals surface area contributed by atoms with E-state index in [2.05, 4.69) is 50.5 Å². The van der Waals surface area contributed by atoms with Gasteiger partial charge < -0.3 is 5.73 Å². The van der Waals surface area contributed by atoms with Gasteiger partial charge in [-0.2, -0.15) is 0 Å². The minimum absolute atomic E-state index is 0.388. The van der Waals surface area contributed by atoms with Crippen LogP contribution in [0.5, 0.6) is 0 Å². The Balaban J connectivity index is 3.02. The van der Waals surface area contributed by atoms with E-state index in [4.69, 9.17) is 5.73 Å². The average molecular weight is 255 g/mol. The lowest BCUT2D eigenvalue weighted by Gasteiger charge is -1.96. The van der Waals surface area contributed by atoms with Crippen molar-refractivity contribution in [1.82, 2.24) is 9.97 Å². The molecule has 0 saturated heterocycles. The van der Waals surface area contributed by atoms with E-state index in [1.54, 1.807) is 6.20 Å². The highest BCUT2D eigenvalue weighted by Gasteiger charge is 1.99. The van der Waals surface area contributed by atoms with E-state index in [-0.39, 0.29) is 0 Å². The summed E-state index contributed by atoms with van der Waals surface area (Å²) >= 11 is 3.21. The van der Waals surface area contributed by atoms with E-state index in [0.717, 1.165) is 0 Å². The largest absolute Gasteiger partial charge is 0.381 e. The summed E-state index contributed by atoms with van der Waals surface area (Å²) < 4.78 is 0.659. The summed E-state index contributed by atoms with van der Waals surface area (Å²) in [6.45, 7) is 4.22. The molecule has 0 spiro atoms. The standard InChI is InChI=1S/C8H9BrN3Si/c1-13(2)4-3-6-8(10)11-5-7(9)12-6/h5H,1-2H3,(H2,10,11). The lowest BCUT2D eigenvalue weighted by molar-refractivity contribution is 1.15. The molecule has 3 nitrogen and oxygen atoms in total. The predicted molar refractivity (Wildman–Crippen MR) is 58.5 cm³/mol. The van der Waals surface area contributed by atoms with Gasteiger partial charge in [0.1, 0.15) is 13.4 Å². The fourth-order valence-electron chi connectivity index (χ4n) is 0.653. The Labute approximate surface area is 87.5 Å². The molecule has 1 heterocycles. The molecule has 0 aliphatic rings. The number of anilines is 1. The van der Waals surface area contributed by atoms with Crippen LogP contribution in [0.2, 0.25) is 13.1 Å². The molecule has 1 aromatic rings. The van der Waals surface area contributed by atoms with Crippen molar-refractivity contribution in [3.63, 3.8) is 0 Å². The zero-order valence-electron chi connectivity index (χ0n) is 7.43. The smallest absolute Gasteiger partial charge is 0.158 e. The summed E-state index contributed by atoms with van der Waals surface area (Å²) in [6, 6.07) is 0. The van der Waals surface area contributed by atoms with E-state index < -0.39 is 8.80 Å². The maximum Gasteiger partial charge on any atom is 0.158 e. The molecule has 1 radical (unpaired) electrons. The van der Waals surface area contributed by atoms with Gasteiger partial charge in [-0.15, -0.1) is 5.54 Å². The Morgan fingerprint density at radius 1 is 1.54 bits per heavy atom. The highest BCUT2D eigenvalue weighted by molar-refractivity contribution is 9.10. The van der Waals surface area contributed by atoms with E-state index >= 15 is 0 Å². The third-order valence-electron chi connectivity index (χ3n) is 1.20. The van der Waals surface area contributed by atoms with Gasteiger partial charge >= 0.3 is 0 Å². The van der Waals surface area contributed by atoms with Gasteiger partial charge in [-0.25, -0.2) is 9.97 Å². The topological polar surface area (TPSA) is 51.8 Å². The third-order valence-corrected chi connectivity index (χ3v) is 2.21. The Bertz CT molecular complexity index is 367. The molecule has 0 aliphatic heterocycles. The van der Waals surface area contributed by atoms with Crippen LogP contribution in [0.4, 0.5) is 5.82 Å². The first-order valence-electron chi connectivity index (χ1n) is 3.70. The molecule has 2 N–H and O–H groups in total. The lowest BCUT2D eigenvalue weighted by Crippen LogP contribution is -1.99. The van der Waals surface area contributed by atoms with Crippen molar-refractivity contribution >= 4 is 30.5 Å². The van der Waals surface area contributed by atoms with Crippen LogP contribution >= 0.6 is 15.9 Å². The Hall–Kier alpha value is -0.863. The second-order valence-electron chi connectivity index (χ2n) is 2.68. The monoisotopic (exact) mass is 254 g/mol. The van der Waals surface area contributed by atoms with E-state index in [0.29, 0.717) is 16.1 Å². The summed E-state index contributed by atoms with van der Waals surface area (Å²) in [5.41, 5.74) is 9.22. The highest BCUT2D eigenvalue weighted by atomic mass is 79.9. The van der Waals surface area contributed by atoms with Crippen LogP contribution in [-0.4, -0.2) is 18.8 Å². The summed E-state index contributed by atoms with van der Waals surface area (Å²) in [5, 5.41) is 0. The Morgan fingerprint density at radius 2 is 2.23 bits per heavy atom. The van der Waals surface area contributed by atoms with Crippen molar-refractivity contribution in [3.05, 3.63) is 16.5 Å². The lowest BCUT2D eigenvalue weighted by atomic mass is 10.4. The van der Waals surface area contributed by atoms with Crippen LogP contribution < -0.4 is 5.73 Å². The summed E-state index contributed by atoms with van der Waals surface area (Å²) in [6.07, 6.45) is 1.56. The zero-order chi connectivity index (χ0) is 9.84. The van der Waals surface area contributed by atoms with Crippen molar-refractivity contribution < 1.29 is 0 Å². The molecule has 0 fully saturated rings. The van der Waals surface area contributed by atoms with Crippen LogP contribution in [0.15, 0.2) is 10.8 Å². The predicted octanol–water partition coefficient (Wildman–Crippen LogP) is 1.47. The second-order valence-corrected chi connectivity index (χ2v) is 5.74. The van der Waals surface area contributed by atoms with Gasteiger partial charge in [-0.3, -0.25) is 0 Å². The Morgan fingerprint density at radius 3 is 2.85 bits per heavy atom. The molecule has 1 rings (SSSR count). The van der Waals surface area contributed by atoms with Crippen molar-refractivity contribution in [2.75, 3.05) is 5.73 Å². The van der Waals surface area contributed by atoms with Gasteiger partial charge in [0.25, 0.3) is 0 Å². The van der Waals surface area contributed by atoms with Gasteiger partial charge in [-0.1, -0.05) is 19.0 Å². The van der Waals surface area contributed by atoms with Crippen LogP contribution in [0.3, 0.4) is 0 Å². The van der Waals surface area contributed by atoms with Crippen molar-refractivity contribution in [2.24, 2.45) is 0 Å². The molecule has 0 atom stereocenters. The molecule has 0 bridgehead atoms. The van der Waals surface area contributed by atoms with Crippen LogP contribution in [0, 0.1) is 11.5 Å². The van der Waals surface area contributed by atoms with Crippen LogP contribution in [0.1, 0.15) is 5.69 Å². The third kappa shape index (κ3) is 3.17. The average Bonchev–Trinajstić information content (AvgIpc) is 2.06. The SMILES string of the molecule is C[Si](C)C#Cc1nc(Br)cnc1N. The number of aromatic nitrogens is 2. The van der Waals surface area contributed by atoms with Gasteiger partial charge in [-0.05, 0) is 15.9 Å². The number of nitrogens with two attached hydrogens (primary N) is 1. The summed E-state index contributed by atoms with van der Waals surface area (Å²) in [4.78, 5) is 8.05. The molecule has 0 amide bonds. The molecule has 67 valence electrons. The fourth-order valence-corrected chi connectivity index (χ4v) is 1.30. The number of halogens is 1. The van der Waals surface area contributed by atoms with Crippen molar-refractivity contribution in [3.8, 4) is 11.5 Å². The molecule has 5 heteroatoms. The number of hydrogen-bond acceptors (Lipinski definition) is 3. The quantitative estimate of drug-likeness (QED) is 0.564. The molecular formula is C8H9BrN3Si. The molecule has 13 heavy (non-hydrogen) atoms. The summed E-state index contributed by atoms with van der Waals surface area (Å²) in [7, 11) is -0.561. The first kappa shape index (κ1) is 10.2. The first-order chi connectivity index (χ1) is 6.09. The number of nitrogens with zero attached hydrogens (tertiary/aromatic N) is 2. The molecule has 0 aliphatic carbocycles. The first-order valence-corrected chi connectivity index (χ1v) is 6.99. The number of nitrogen functional groups attached to an aromatic ring is 1. The van der Waals surface area contributed by atoms with Gasteiger partial charge in [0.05, 0.1) is 6.20 Å². The van der Waals surface area contributed by atoms with Crippen molar-refractivity contribution in [1.29, 1.82) is 0 Å². The minimum Gasteiger partial charge on any atom is -0.381 e. The highest BCUT2D eigenvalue weighted by Crippen LogP contribution is 2.08. The molecule has 0 unspecified atom stereocenters. The molecule has 1 aromatic heterocycles. The maximum atomic E-state index is 5.59. The minimum atomic E-state index is -0.561. The van der Waals surface area contributed by atoms with Gasteiger partial charge in [0.15, 0.2) is 11.5 Å². The van der Waals surface area contributed by atoms with E-state index in [9.17, 15) is 0 Å².